The lowest BCUT2D eigenvalue weighted by Gasteiger charge is -2.61. The fraction of sp³-hybridized carbons (Fsp3) is 0.917. The third kappa shape index (κ3) is 7.90. The highest BCUT2D eigenvalue weighted by Gasteiger charge is 2.64. The predicted molar refractivity (Wildman–Crippen MR) is 170 cm³/mol. The van der Waals surface area contributed by atoms with Crippen LogP contribution in [0.1, 0.15) is 143 Å². The van der Waals surface area contributed by atoms with Gasteiger partial charge < -0.3 is 5.11 Å². The van der Waals surface area contributed by atoms with Gasteiger partial charge in [-0.3, -0.25) is 4.79 Å². The molecule has 254 valence electrons. The van der Waals surface area contributed by atoms with Gasteiger partial charge in [0.25, 0.3) is 0 Å². The van der Waals surface area contributed by atoms with Gasteiger partial charge >= 0.3 is 12.1 Å². The molecule has 0 unspecified atom stereocenters. The Kier molecular flexibility index (Phi) is 12.1. The van der Waals surface area contributed by atoms with E-state index in [0.29, 0.717) is 41.6 Å². The molecule has 0 heterocycles. The Morgan fingerprint density at radius 1 is 0.818 bits per heavy atom. The first-order valence-corrected chi connectivity index (χ1v) is 18.8. The minimum atomic E-state index is -5.44. The second-order valence-electron chi connectivity index (χ2n) is 15.5. The van der Waals surface area contributed by atoms with E-state index >= 15 is 0 Å². The van der Waals surface area contributed by atoms with E-state index in [4.69, 9.17) is 0 Å². The van der Waals surface area contributed by atoms with E-state index < -0.39 is 24.1 Å². The summed E-state index contributed by atoms with van der Waals surface area (Å²) in [5.41, 5.74) is 1.00. The van der Waals surface area contributed by atoms with E-state index in [2.05, 4.69) is 20.8 Å². The molecule has 4 aliphatic rings. The number of fused-ring (bicyclic) bond motifs is 5. The smallest absolute Gasteiger partial charge is 0.390 e. The summed E-state index contributed by atoms with van der Waals surface area (Å²) < 4.78 is 62.4. The molecule has 0 aromatic rings. The van der Waals surface area contributed by atoms with Gasteiger partial charge in [0.15, 0.2) is 5.78 Å². The highest BCUT2D eigenvalue weighted by atomic mass is 32.2. The maximum Gasteiger partial charge on any atom is 0.453 e. The van der Waals surface area contributed by atoms with Gasteiger partial charge in [-0.05, 0) is 117 Å². The first-order valence-electron chi connectivity index (χ1n) is 17.6. The number of carbonyl (C=O) groups is 1. The molecule has 0 aliphatic heterocycles. The molecule has 44 heavy (non-hydrogen) atoms. The summed E-state index contributed by atoms with van der Waals surface area (Å²) in [6.45, 7) is 6.89. The van der Waals surface area contributed by atoms with Crippen LogP contribution in [-0.2, 0) is 4.79 Å². The summed E-state index contributed by atoms with van der Waals surface area (Å²) in [4.78, 5) is 12.4. The zero-order chi connectivity index (χ0) is 32.2. The van der Waals surface area contributed by atoms with Crippen molar-refractivity contribution >= 4 is 17.5 Å². The molecule has 8 heteroatoms. The number of carbonyl (C=O) groups excluding carboxylic acids is 1. The van der Waals surface area contributed by atoms with E-state index in [1.807, 2.05) is 6.08 Å². The van der Waals surface area contributed by atoms with Crippen LogP contribution in [-0.4, -0.2) is 40.1 Å². The molecule has 0 radical (unpaired) electrons. The van der Waals surface area contributed by atoms with Gasteiger partial charge in [-0.15, -0.1) is 0 Å². The maximum atomic E-state index is 12.9. The standard InChI is InChI=1S/C36H57F5O2S/c1-32-19-15-28(42)25-27(32)24-26(31-29(32)16-20-33(2)30(31)17-21-34(33,3)43)14-11-9-7-5-4-6-8-10-12-22-44-23-13-18-35(37,38)36(39,40)41/h25-26,29-31,43H,4-24H2,1-3H3/t26-,29+,30+,31-,32+,33+,34+/m1/s1. The molecule has 7 atom stereocenters. The molecule has 3 saturated carbocycles. The Morgan fingerprint density at radius 2 is 1.41 bits per heavy atom. The van der Waals surface area contributed by atoms with E-state index in [0.717, 1.165) is 57.1 Å². The normalized spacial score (nSPS) is 35.7. The summed E-state index contributed by atoms with van der Waals surface area (Å²) in [6, 6.07) is 0. The first kappa shape index (κ1) is 36.2. The average Bonchev–Trinajstić information content (AvgIpc) is 3.19. The number of aliphatic hydroxyl groups is 1. The van der Waals surface area contributed by atoms with Gasteiger partial charge in [-0.25, -0.2) is 0 Å². The number of rotatable bonds is 16. The van der Waals surface area contributed by atoms with Crippen LogP contribution in [0.5, 0.6) is 0 Å². The SMILES string of the molecule is C[C@]12CCC(=O)C=C1C[C@@H](CCCCCCCCCCCSCCCC(F)(F)C(F)(F)F)[C@@H]1[C@@H]2CC[C@@]2(C)[C@H]1CC[C@]2(C)O. The largest absolute Gasteiger partial charge is 0.453 e. The number of halogens is 5. The predicted octanol–water partition coefficient (Wildman–Crippen LogP) is 11.1. The second kappa shape index (κ2) is 14.6. The van der Waals surface area contributed by atoms with Crippen molar-refractivity contribution in [2.24, 2.45) is 34.5 Å². The van der Waals surface area contributed by atoms with Gasteiger partial charge in [0.2, 0.25) is 0 Å². The Bertz CT molecular complexity index is 994. The van der Waals surface area contributed by atoms with Gasteiger partial charge in [0.1, 0.15) is 0 Å². The molecule has 2 nitrogen and oxygen atoms in total. The number of hydrogen-bond donors (Lipinski definition) is 1. The van der Waals surface area contributed by atoms with Crippen molar-refractivity contribution in [3.8, 4) is 0 Å². The van der Waals surface area contributed by atoms with Crippen molar-refractivity contribution in [3.05, 3.63) is 11.6 Å². The third-order valence-electron chi connectivity index (χ3n) is 12.8. The van der Waals surface area contributed by atoms with E-state index in [9.17, 15) is 31.9 Å². The number of thioether (sulfide) groups is 1. The number of allylic oxidation sites excluding steroid dienone is 1. The molecule has 0 amide bonds. The molecular formula is C36H57F5O2S. The van der Waals surface area contributed by atoms with Crippen molar-refractivity contribution < 1.29 is 31.9 Å². The molecule has 0 spiro atoms. The summed E-state index contributed by atoms with van der Waals surface area (Å²) in [5.74, 6) is -0.615. The quantitative estimate of drug-likeness (QED) is 0.134. The third-order valence-corrected chi connectivity index (χ3v) is 13.9. The van der Waals surface area contributed by atoms with Crippen LogP contribution in [0.3, 0.4) is 0 Å². The molecular weight excluding hydrogens is 591 g/mol. The lowest BCUT2D eigenvalue weighted by atomic mass is 9.44. The Labute approximate surface area is 267 Å². The van der Waals surface area contributed by atoms with Crippen molar-refractivity contribution in [3.63, 3.8) is 0 Å². The van der Waals surface area contributed by atoms with E-state index in [1.165, 1.54) is 68.7 Å². The average molecular weight is 649 g/mol. The molecule has 0 bridgehead atoms. The lowest BCUT2D eigenvalue weighted by Crippen LogP contribution is -2.56. The van der Waals surface area contributed by atoms with Crippen LogP contribution >= 0.6 is 11.8 Å². The van der Waals surface area contributed by atoms with E-state index in [1.54, 1.807) is 0 Å². The molecule has 0 aromatic carbocycles. The van der Waals surface area contributed by atoms with Crippen molar-refractivity contribution in [1.82, 2.24) is 0 Å². The fourth-order valence-corrected chi connectivity index (χ4v) is 10.7. The van der Waals surface area contributed by atoms with Crippen LogP contribution in [0.2, 0.25) is 0 Å². The fourth-order valence-electron chi connectivity index (χ4n) is 9.73. The molecule has 3 fully saturated rings. The Morgan fingerprint density at radius 3 is 2.07 bits per heavy atom. The van der Waals surface area contributed by atoms with Crippen LogP contribution in [0.25, 0.3) is 0 Å². The van der Waals surface area contributed by atoms with Gasteiger partial charge in [0, 0.05) is 12.8 Å². The molecule has 1 N–H and O–H groups in total. The summed E-state index contributed by atoms with van der Waals surface area (Å²) in [6.07, 6.45) is 14.2. The molecule has 0 saturated heterocycles. The number of unbranched alkanes of at least 4 members (excludes halogenated alkanes) is 8. The number of hydrogen-bond acceptors (Lipinski definition) is 3. The van der Waals surface area contributed by atoms with Gasteiger partial charge in [-0.1, -0.05) is 70.8 Å². The topological polar surface area (TPSA) is 37.3 Å². The zero-order valence-corrected chi connectivity index (χ0v) is 28.2. The molecule has 4 aliphatic carbocycles. The van der Waals surface area contributed by atoms with Gasteiger partial charge in [0.05, 0.1) is 5.60 Å². The summed E-state index contributed by atoms with van der Waals surface area (Å²) in [7, 11) is 0. The van der Waals surface area contributed by atoms with Crippen LogP contribution < -0.4 is 0 Å². The summed E-state index contributed by atoms with van der Waals surface area (Å²) in [5, 5.41) is 11.4. The zero-order valence-electron chi connectivity index (χ0n) is 27.4. The first-order chi connectivity index (χ1) is 20.6. The molecule has 0 aromatic heterocycles. The minimum absolute atomic E-state index is 0.00152. The van der Waals surface area contributed by atoms with Crippen LogP contribution in [0, 0.1) is 34.5 Å². The summed E-state index contributed by atoms with van der Waals surface area (Å²) >= 11 is 1.48. The second-order valence-corrected chi connectivity index (χ2v) is 16.7. The van der Waals surface area contributed by atoms with Crippen molar-refractivity contribution in [2.45, 2.75) is 160 Å². The van der Waals surface area contributed by atoms with Crippen molar-refractivity contribution in [2.75, 3.05) is 11.5 Å². The highest BCUT2D eigenvalue weighted by Crippen LogP contribution is 2.69. The van der Waals surface area contributed by atoms with E-state index in [-0.39, 0.29) is 17.3 Å². The highest BCUT2D eigenvalue weighted by molar-refractivity contribution is 7.99. The lowest BCUT2D eigenvalue weighted by molar-refractivity contribution is -0.284. The Balaban J connectivity index is 1.12. The van der Waals surface area contributed by atoms with Crippen molar-refractivity contribution in [1.29, 1.82) is 0 Å². The minimum Gasteiger partial charge on any atom is -0.390 e. The number of alkyl halides is 5. The van der Waals surface area contributed by atoms with Crippen LogP contribution in [0.15, 0.2) is 11.6 Å². The Hall–Kier alpha value is -0.630. The van der Waals surface area contributed by atoms with Crippen LogP contribution in [0.4, 0.5) is 22.0 Å². The number of ketones is 1. The maximum absolute atomic E-state index is 12.9. The monoisotopic (exact) mass is 648 g/mol. The van der Waals surface area contributed by atoms with Gasteiger partial charge in [-0.2, -0.15) is 33.7 Å². The molecule has 4 rings (SSSR count).